The molecule has 0 aliphatic carbocycles. The number of rotatable bonds is 42. The summed E-state index contributed by atoms with van der Waals surface area (Å²) in [6.45, 7) is 4.04. The van der Waals surface area contributed by atoms with Crippen molar-refractivity contribution in [2.75, 3.05) is 19.8 Å². The van der Waals surface area contributed by atoms with Gasteiger partial charge >= 0.3 is 5.97 Å². The van der Waals surface area contributed by atoms with Crippen LogP contribution in [0.2, 0.25) is 0 Å². The standard InChI is InChI=1S/C55H93NO10/c1-3-5-7-9-11-13-15-16-17-20-23-27-31-35-39-43-51(60)64-44-40-36-32-28-24-21-18-19-22-26-30-34-38-42-50(59)56-47(46-65-55-54(63)53(62)52(61)49(45-57)66-55)48(58)41-37-33-29-25-14-12-10-8-6-4-2/h6,8,11,13-14,16-17,19,22,25,30,34,37,41,47-49,52-55,57-58,61-63H,3-5,7,9-10,12,15,18,20-21,23-24,26-29,31-33,35-36,38-40,42-46H2,1-2H3,(H,56,59)/b8-6+,13-11-,17-16-,22-19-,25-14+,34-30-,41-37+. The van der Waals surface area contributed by atoms with Gasteiger partial charge in [0, 0.05) is 12.8 Å². The number of carbonyl (C=O) groups excluding carboxylic acids is 2. The summed E-state index contributed by atoms with van der Waals surface area (Å²) in [6, 6.07) is -0.880. The zero-order valence-electron chi connectivity index (χ0n) is 41.1. The van der Waals surface area contributed by atoms with E-state index in [0.29, 0.717) is 25.9 Å². The number of ether oxygens (including phenoxy) is 3. The van der Waals surface area contributed by atoms with Gasteiger partial charge in [-0.05, 0) is 103 Å². The minimum Gasteiger partial charge on any atom is -0.466 e. The average Bonchev–Trinajstić information content (AvgIpc) is 3.31. The minimum absolute atomic E-state index is 0.0572. The summed E-state index contributed by atoms with van der Waals surface area (Å²) in [7, 11) is 0. The number of unbranched alkanes of at least 4 members (excludes halogenated alkanes) is 16. The largest absolute Gasteiger partial charge is 0.466 e. The van der Waals surface area contributed by atoms with Crippen LogP contribution in [0.4, 0.5) is 0 Å². The molecular weight excluding hydrogens is 835 g/mol. The monoisotopic (exact) mass is 928 g/mol. The summed E-state index contributed by atoms with van der Waals surface area (Å²) in [5.74, 6) is -0.341. The summed E-state index contributed by atoms with van der Waals surface area (Å²) in [6.07, 6.45) is 48.3. The topological polar surface area (TPSA) is 175 Å². The second-order valence-corrected chi connectivity index (χ2v) is 17.5. The van der Waals surface area contributed by atoms with E-state index in [-0.39, 0.29) is 24.9 Å². The van der Waals surface area contributed by atoms with Crippen LogP contribution >= 0.6 is 0 Å². The zero-order chi connectivity index (χ0) is 48.1. The van der Waals surface area contributed by atoms with Crippen LogP contribution < -0.4 is 5.32 Å². The van der Waals surface area contributed by atoms with E-state index in [2.05, 4.69) is 79.9 Å². The van der Waals surface area contributed by atoms with Crippen LogP contribution in [0.3, 0.4) is 0 Å². The summed E-state index contributed by atoms with van der Waals surface area (Å²) >= 11 is 0. The van der Waals surface area contributed by atoms with E-state index >= 15 is 0 Å². The van der Waals surface area contributed by atoms with E-state index in [1.54, 1.807) is 6.08 Å². The molecular formula is C55H93NO10. The maximum Gasteiger partial charge on any atom is 0.305 e. The van der Waals surface area contributed by atoms with E-state index in [1.165, 1.54) is 57.8 Å². The molecule has 1 aliphatic rings. The highest BCUT2D eigenvalue weighted by Crippen LogP contribution is 2.22. The number of carbonyl (C=O) groups is 2. The highest BCUT2D eigenvalue weighted by atomic mass is 16.7. The van der Waals surface area contributed by atoms with E-state index < -0.39 is 49.5 Å². The lowest BCUT2D eigenvalue weighted by Crippen LogP contribution is -2.60. The first kappa shape index (κ1) is 60.9. The molecule has 0 aromatic heterocycles. The normalized spacial score (nSPS) is 20.4. The lowest BCUT2D eigenvalue weighted by molar-refractivity contribution is -0.302. The third-order valence-corrected chi connectivity index (χ3v) is 11.5. The maximum atomic E-state index is 12.9. The maximum absolute atomic E-state index is 12.9. The van der Waals surface area contributed by atoms with Crippen LogP contribution in [0.1, 0.15) is 187 Å². The SMILES string of the molecule is CC/C=C/CC/C=C/CC/C=C/C(O)C(COC1OC(CO)C(O)C(O)C1O)NC(=O)CC/C=C\C/C=C\CCCCCCCCOC(=O)CCCCCCC/C=C\C/C=C\CCCCC. The number of nitrogens with one attached hydrogen (secondary N) is 1. The molecule has 1 rings (SSSR count). The molecule has 0 aromatic rings. The number of aliphatic hydroxyl groups excluding tert-OH is 5. The number of allylic oxidation sites excluding steroid dienone is 13. The molecule has 6 N–H and O–H groups in total. The van der Waals surface area contributed by atoms with Gasteiger partial charge in [-0.2, -0.15) is 0 Å². The lowest BCUT2D eigenvalue weighted by Gasteiger charge is -2.40. The highest BCUT2D eigenvalue weighted by molar-refractivity contribution is 5.76. The molecule has 11 nitrogen and oxygen atoms in total. The van der Waals surface area contributed by atoms with E-state index in [1.807, 2.05) is 18.2 Å². The Hall–Kier alpha value is -3.16. The summed E-state index contributed by atoms with van der Waals surface area (Å²) in [5.41, 5.74) is 0. The van der Waals surface area contributed by atoms with Crippen molar-refractivity contribution < 1.29 is 49.3 Å². The third-order valence-electron chi connectivity index (χ3n) is 11.5. The van der Waals surface area contributed by atoms with E-state index in [9.17, 15) is 35.1 Å². The Balaban J connectivity index is 2.20. The van der Waals surface area contributed by atoms with Crippen molar-refractivity contribution >= 4 is 11.9 Å². The molecule has 0 bridgehead atoms. The quantitative estimate of drug-likeness (QED) is 0.0196. The molecule has 0 radical (unpaired) electrons. The second kappa shape index (κ2) is 44.4. The number of aliphatic hydroxyl groups is 5. The second-order valence-electron chi connectivity index (χ2n) is 17.5. The molecule has 7 atom stereocenters. The average molecular weight is 928 g/mol. The Labute approximate surface area is 400 Å². The van der Waals surface area contributed by atoms with Crippen molar-refractivity contribution in [3.05, 3.63) is 85.1 Å². The molecule has 0 aromatic carbocycles. The molecule has 7 unspecified atom stereocenters. The van der Waals surface area contributed by atoms with Crippen molar-refractivity contribution in [1.82, 2.24) is 5.32 Å². The Morgan fingerprint density at radius 2 is 1.09 bits per heavy atom. The van der Waals surface area contributed by atoms with Gasteiger partial charge in [0.15, 0.2) is 6.29 Å². The molecule has 0 spiro atoms. The zero-order valence-corrected chi connectivity index (χ0v) is 41.1. The van der Waals surface area contributed by atoms with Crippen molar-refractivity contribution in [3.63, 3.8) is 0 Å². The summed E-state index contributed by atoms with van der Waals surface area (Å²) in [5, 5.41) is 54.0. The van der Waals surface area contributed by atoms with Gasteiger partial charge in [0.1, 0.15) is 24.4 Å². The highest BCUT2D eigenvalue weighted by Gasteiger charge is 2.44. The van der Waals surface area contributed by atoms with Gasteiger partial charge in [-0.1, -0.05) is 157 Å². The number of esters is 1. The Morgan fingerprint density at radius 3 is 1.68 bits per heavy atom. The molecule has 1 saturated heterocycles. The molecule has 0 saturated carbocycles. The summed E-state index contributed by atoms with van der Waals surface area (Å²) in [4.78, 5) is 25.0. The van der Waals surface area contributed by atoms with Gasteiger partial charge in [0.05, 0.1) is 32.0 Å². The first-order valence-electron chi connectivity index (χ1n) is 25.9. The molecule has 378 valence electrons. The van der Waals surface area contributed by atoms with Crippen molar-refractivity contribution in [1.29, 1.82) is 0 Å². The molecule has 66 heavy (non-hydrogen) atoms. The molecule has 1 fully saturated rings. The fourth-order valence-corrected chi connectivity index (χ4v) is 7.31. The van der Waals surface area contributed by atoms with Crippen molar-refractivity contribution in [2.24, 2.45) is 0 Å². The lowest BCUT2D eigenvalue weighted by atomic mass is 9.99. The molecule has 1 heterocycles. The molecule has 1 amide bonds. The smallest absolute Gasteiger partial charge is 0.305 e. The molecule has 11 heteroatoms. The van der Waals surface area contributed by atoms with Crippen molar-refractivity contribution in [2.45, 2.75) is 230 Å². The predicted octanol–water partition coefficient (Wildman–Crippen LogP) is 10.7. The minimum atomic E-state index is -1.60. The van der Waals surface area contributed by atoms with Gasteiger partial charge in [-0.25, -0.2) is 0 Å². The number of hydrogen-bond acceptors (Lipinski definition) is 10. The Bertz CT molecular complexity index is 1370. The van der Waals surface area contributed by atoms with Crippen LogP contribution in [-0.4, -0.2) is 100 Å². The van der Waals surface area contributed by atoms with Crippen LogP contribution in [0.5, 0.6) is 0 Å². The Kier molecular flexibility index (Phi) is 40.9. The van der Waals surface area contributed by atoms with Gasteiger partial charge < -0.3 is 45.1 Å². The fraction of sp³-hybridized carbons (Fsp3) is 0.709. The van der Waals surface area contributed by atoms with Crippen LogP contribution in [0, 0.1) is 0 Å². The van der Waals surface area contributed by atoms with Crippen molar-refractivity contribution in [3.8, 4) is 0 Å². The Morgan fingerprint density at radius 1 is 0.576 bits per heavy atom. The van der Waals surface area contributed by atoms with Crippen LogP contribution in [0.25, 0.3) is 0 Å². The first-order chi connectivity index (χ1) is 32.2. The summed E-state index contributed by atoms with van der Waals surface area (Å²) < 4.78 is 16.6. The van der Waals surface area contributed by atoms with Gasteiger partial charge in [0.25, 0.3) is 0 Å². The number of hydrogen-bond donors (Lipinski definition) is 6. The van der Waals surface area contributed by atoms with Gasteiger partial charge in [-0.3, -0.25) is 9.59 Å². The van der Waals surface area contributed by atoms with E-state index in [4.69, 9.17) is 14.2 Å². The predicted molar refractivity (Wildman–Crippen MR) is 269 cm³/mol. The fourth-order valence-electron chi connectivity index (χ4n) is 7.31. The van der Waals surface area contributed by atoms with Crippen LogP contribution in [0.15, 0.2) is 85.1 Å². The van der Waals surface area contributed by atoms with Gasteiger partial charge in [-0.15, -0.1) is 0 Å². The first-order valence-corrected chi connectivity index (χ1v) is 25.9. The van der Waals surface area contributed by atoms with Crippen LogP contribution in [-0.2, 0) is 23.8 Å². The third kappa shape index (κ3) is 34.2. The van der Waals surface area contributed by atoms with Gasteiger partial charge in [0.2, 0.25) is 5.91 Å². The number of amides is 1. The molecule has 1 aliphatic heterocycles. The van der Waals surface area contributed by atoms with E-state index in [0.717, 1.165) is 89.9 Å².